The Morgan fingerprint density at radius 2 is 2.19 bits per heavy atom. The molecule has 21 heavy (non-hydrogen) atoms. The highest BCUT2D eigenvalue weighted by molar-refractivity contribution is 6.31. The van der Waals surface area contributed by atoms with E-state index in [-0.39, 0.29) is 5.56 Å². The molecule has 2 heterocycles. The van der Waals surface area contributed by atoms with Crippen LogP contribution in [0.1, 0.15) is 27.2 Å². The van der Waals surface area contributed by atoms with E-state index in [0.717, 1.165) is 27.7 Å². The number of aromatic nitrogens is 2. The number of hydrogen-bond acceptors (Lipinski definition) is 2. The Bertz CT molecular complexity index is 839. The maximum absolute atomic E-state index is 11.1. The molecule has 3 aromatic rings. The van der Waals surface area contributed by atoms with Gasteiger partial charge in [0.05, 0.1) is 10.6 Å². The molecule has 3 rings (SSSR count). The summed E-state index contributed by atoms with van der Waals surface area (Å²) in [5.74, 6) is -0.927. The Hall–Kier alpha value is -2.33. The van der Waals surface area contributed by atoms with Gasteiger partial charge < -0.3 is 10.1 Å². The van der Waals surface area contributed by atoms with Crippen LogP contribution < -0.4 is 0 Å². The van der Waals surface area contributed by atoms with Crippen LogP contribution in [-0.2, 0) is 6.42 Å². The van der Waals surface area contributed by atoms with Crippen LogP contribution in [-0.4, -0.2) is 21.0 Å². The van der Waals surface area contributed by atoms with E-state index < -0.39 is 5.97 Å². The quantitative estimate of drug-likeness (QED) is 0.773. The summed E-state index contributed by atoms with van der Waals surface area (Å²) in [6, 6.07) is 6.97. The molecule has 0 bridgehead atoms. The fourth-order valence-electron chi connectivity index (χ4n) is 2.48. The first kappa shape index (κ1) is 13.6. The van der Waals surface area contributed by atoms with Crippen molar-refractivity contribution in [1.29, 1.82) is 0 Å². The number of carbonyl (C=O) groups is 1. The average Bonchev–Trinajstić information content (AvgIpc) is 2.76. The predicted octanol–water partition coefficient (Wildman–Crippen LogP) is 3.81. The van der Waals surface area contributed by atoms with Crippen molar-refractivity contribution in [2.45, 2.75) is 13.3 Å². The molecule has 0 aliphatic heterocycles. The van der Waals surface area contributed by atoms with E-state index in [0.29, 0.717) is 11.4 Å². The number of hydrogen-bond donors (Lipinski definition) is 2. The lowest BCUT2D eigenvalue weighted by Crippen LogP contribution is -1.96. The number of aryl methyl sites for hydroxylation is 1. The zero-order valence-corrected chi connectivity index (χ0v) is 12.1. The maximum Gasteiger partial charge on any atom is 0.335 e. The number of aromatic amines is 1. The van der Waals surface area contributed by atoms with E-state index in [2.05, 4.69) is 9.97 Å². The Labute approximate surface area is 126 Å². The van der Waals surface area contributed by atoms with Crippen molar-refractivity contribution < 1.29 is 9.90 Å². The topological polar surface area (TPSA) is 66.0 Å². The van der Waals surface area contributed by atoms with Gasteiger partial charge in [-0.3, -0.25) is 4.98 Å². The third kappa shape index (κ3) is 2.50. The molecule has 106 valence electrons. The first-order valence-corrected chi connectivity index (χ1v) is 6.87. The van der Waals surface area contributed by atoms with Crippen LogP contribution in [0.2, 0.25) is 5.02 Å². The van der Waals surface area contributed by atoms with Crippen molar-refractivity contribution in [2.75, 3.05) is 0 Å². The van der Waals surface area contributed by atoms with E-state index in [1.54, 1.807) is 30.6 Å². The number of carboxylic acid groups (broad SMARTS) is 1. The molecule has 0 saturated carbocycles. The summed E-state index contributed by atoms with van der Waals surface area (Å²) in [5, 5.41) is 10.7. The number of pyridine rings is 1. The molecule has 4 nitrogen and oxygen atoms in total. The van der Waals surface area contributed by atoms with Gasteiger partial charge in [-0.05, 0) is 42.3 Å². The normalized spacial score (nSPS) is 11.0. The lowest BCUT2D eigenvalue weighted by atomic mass is 10.0. The maximum atomic E-state index is 11.1. The highest BCUT2D eigenvalue weighted by Crippen LogP contribution is 2.27. The van der Waals surface area contributed by atoms with Crippen molar-refractivity contribution in [1.82, 2.24) is 9.97 Å². The van der Waals surface area contributed by atoms with Gasteiger partial charge in [-0.15, -0.1) is 0 Å². The number of fused-ring (bicyclic) bond motifs is 1. The van der Waals surface area contributed by atoms with Crippen LogP contribution in [0.4, 0.5) is 0 Å². The summed E-state index contributed by atoms with van der Waals surface area (Å²) in [7, 11) is 0. The van der Waals surface area contributed by atoms with Crippen molar-refractivity contribution in [2.24, 2.45) is 0 Å². The highest BCUT2D eigenvalue weighted by Gasteiger charge is 2.13. The SMILES string of the molecule is Cc1[nH]c2ccc(C(=O)O)cc2c1Cc1ccncc1Cl. The lowest BCUT2D eigenvalue weighted by molar-refractivity contribution is 0.0697. The molecule has 2 aromatic heterocycles. The van der Waals surface area contributed by atoms with Crippen LogP contribution in [0.3, 0.4) is 0 Å². The van der Waals surface area contributed by atoms with E-state index in [4.69, 9.17) is 16.7 Å². The largest absolute Gasteiger partial charge is 0.478 e. The van der Waals surface area contributed by atoms with Crippen molar-refractivity contribution in [3.05, 3.63) is 64.1 Å². The summed E-state index contributed by atoms with van der Waals surface area (Å²) in [5.41, 5.74) is 4.25. The standard InChI is InChI=1S/C16H13ClN2O2/c1-9-12(6-10-4-5-18-8-14(10)17)13-7-11(16(20)21)2-3-15(13)19-9/h2-5,7-8,19H,6H2,1H3,(H,20,21). The molecule has 0 amide bonds. The average molecular weight is 301 g/mol. The molecule has 0 aliphatic rings. The fraction of sp³-hybridized carbons (Fsp3) is 0.125. The van der Waals surface area contributed by atoms with Gasteiger partial charge in [0.25, 0.3) is 0 Å². The van der Waals surface area contributed by atoms with Crippen molar-refractivity contribution in [3.63, 3.8) is 0 Å². The minimum atomic E-state index is -0.927. The molecule has 0 unspecified atom stereocenters. The zero-order chi connectivity index (χ0) is 15.0. The summed E-state index contributed by atoms with van der Waals surface area (Å²) < 4.78 is 0. The van der Waals surface area contributed by atoms with E-state index in [1.807, 2.05) is 13.0 Å². The number of benzene rings is 1. The molecular formula is C16H13ClN2O2. The third-order valence-electron chi connectivity index (χ3n) is 3.59. The molecule has 0 radical (unpaired) electrons. The van der Waals surface area contributed by atoms with E-state index in [9.17, 15) is 4.79 Å². The lowest BCUT2D eigenvalue weighted by Gasteiger charge is -2.04. The second-order valence-corrected chi connectivity index (χ2v) is 5.35. The number of aromatic carboxylic acids is 1. The number of nitrogens with zero attached hydrogens (tertiary/aromatic N) is 1. The van der Waals surface area contributed by atoms with E-state index >= 15 is 0 Å². The van der Waals surface area contributed by atoms with Crippen LogP contribution in [0.15, 0.2) is 36.7 Å². The van der Waals surface area contributed by atoms with Gasteiger partial charge in [0, 0.05) is 35.4 Å². The van der Waals surface area contributed by atoms with Gasteiger partial charge in [0.1, 0.15) is 0 Å². The van der Waals surface area contributed by atoms with Gasteiger partial charge in [0.2, 0.25) is 0 Å². The summed E-state index contributed by atoms with van der Waals surface area (Å²) in [6.07, 6.45) is 3.95. The second-order valence-electron chi connectivity index (χ2n) is 4.94. The Balaban J connectivity index is 2.13. The van der Waals surface area contributed by atoms with Crippen LogP contribution in [0.5, 0.6) is 0 Å². The third-order valence-corrected chi connectivity index (χ3v) is 3.93. The Morgan fingerprint density at radius 1 is 1.38 bits per heavy atom. The smallest absolute Gasteiger partial charge is 0.335 e. The van der Waals surface area contributed by atoms with Gasteiger partial charge in [-0.2, -0.15) is 0 Å². The molecular weight excluding hydrogens is 288 g/mol. The van der Waals surface area contributed by atoms with E-state index in [1.165, 1.54) is 0 Å². The highest BCUT2D eigenvalue weighted by atomic mass is 35.5. The number of nitrogens with one attached hydrogen (secondary N) is 1. The summed E-state index contributed by atoms with van der Waals surface area (Å²) >= 11 is 6.16. The molecule has 1 aromatic carbocycles. The van der Waals surface area contributed by atoms with Crippen molar-refractivity contribution in [3.8, 4) is 0 Å². The molecule has 0 saturated heterocycles. The number of halogens is 1. The predicted molar refractivity (Wildman–Crippen MR) is 82.0 cm³/mol. The second kappa shape index (κ2) is 5.22. The number of rotatable bonds is 3. The first-order chi connectivity index (χ1) is 10.1. The van der Waals surface area contributed by atoms with Crippen LogP contribution >= 0.6 is 11.6 Å². The molecule has 0 atom stereocenters. The van der Waals surface area contributed by atoms with Gasteiger partial charge in [-0.1, -0.05) is 11.6 Å². The summed E-state index contributed by atoms with van der Waals surface area (Å²) in [6.45, 7) is 1.98. The van der Waals surface area contributed by atoms with Crippen LogP contribution in [0, 0.1) is 6.92 Å². The molecule has 0 aliphatic carbocycles. The number of carboxylic acids is 1. The zero-order valence-electron chi connectivity index (χ0n) is 11.4. The Kier molecular flexibility index (Phi) is 3.39. The minimum absolute atomic E-state index is 0.281. The van der Waals surface area contributed by atoms with Crippen molar-refractivity contribution >= 4 is 28.5 Å². The van der Waals surface area contributed by atoms with Crippen LogP contribution in [0.25, 0.3) is 10.9 Å². The molecule has 0 fully saturated rings. The van der Waals surface area contributed by atoms with Gasteiger partial charge in [0.15, 0.2) is 0 Å². The summed E-state index contributed by atoms with van der Waals surface area (Å²) in [4.78, 5) is 18.4. The molecule has 5 heteroatoms. The monoisotopic (exact) mass is 300 g/mol. The molecule has 0 spiro atoms. The van der Waals surface area contributed by atoms with Gasteiger partial charge >= 0.3 is 5.97 Å². The number of H-pyrrole nitrogens is 1. The minimum Gasteiger partial charge on any atom is -0.478 e. The Morgan fingerprint density at radius 3 is 2.90 bits per heavy atom. The van der Waals surface area contributed by atoms with Gasteiger partial charge in [-0.25, -0.2) is 4.79 Å². The molecule has 2 N–H and O–H groups in total. The first-order valence-electron chi connectivity index (χ1n) is 6.49. The fourth-order valence-corrected chi connectivity index (χ4v) is 2.67.